The fraction of sp³-hybridized carbons (Fsp3) is 0.714. The minimum Gasteiger partial charge on any atom is -0.480 e. The Hall–Kier alpha value is -1.40. The van der Waals surface area contributed by atoms with Gasteiger partial charge in [0.15, 0.2) is 0 Å². The van der Waals surface area contributed by atoms with Gasteiger partial charge in [-0.2, -0.15) is 5.10 Å². The number of aliphatic carboxylic acids is 1. The SMILES string of the molecule is CCC(CC)n1ccc(CN2CC(O)CC2C(=O)O)n1. The molecule has 20 heavy (non-hydrogen) atoms. The number of carbonyl (C=O) groups is 1. The van der Waals surface area contributed by atoms with Crippen molar-refractivity contribution >= 4 is 5.97 Å². The number of aliphatic hydroxyl groups is 1. The zero-order valence-electron chi connectivity index (χ0n) is 12.1. The van der Waals surface area contributed by atoms with Crippen molar-refractivity contribution in [1.82, 2.24) is 14.7 Å². The average molecular weight is 281 g/mol. The van der Waals surface area contributed by atoms with Crippen molar-refractivity contribution in [2.24, 2.45) is 0 Å². The fourth-order valence-corrected chi connectivity index (χ4v) is 2.85. The molecule has 2 rings (SSSR count). The van der Waals surface area contributed by atoms with Crippen LogP contribution in [0.15, 0.2) is 12.3 Å². The summed E-state index contributed by atoms with van der Waals surface area (Å²) in [7, 11) is 0. The van der Waals surface area contributed by atoms with E-state index in [1.165, 1.54) is 0 Å². The van der Waals surface area contributed by atoms with Gasteiger partial charge < -0.3 is 10.2 Å². The molecule has 0 aromatic carbocycles. The number of likely N-dealkylation sites (tertiary alicyclic amines) is 1. The van der Waals surface area contributed by atoms with Gasteiger partial charge in [-0.15, -0.1) is 0 Å². The Bertz CT molecular complexity index is 456. The van der Waals surface area contributed by atoms with Gasteiger partial charge in [0.2, 0.25) is 0 Å². The summed E-state index contributed by atoms with van der Waals surface area (Å²) >= 11 is 0. The zero-order chi connectivity index (χ0) is 14.7. The van der Waals surface area contributed by atoms with Gasteiger partial charge in [0.1, 0.15) is 6.04 Å². The molecule has 2 atom stereocenters. The second kappa shape index (κ2) is 6.37. The van der Waals surface area contributed by atoms with Gasteiger partial charge in [-0.05, 0) is 18.9 Å². The van der Waals surface area contributed by atoms with Crippen LogP contribution in [0, 0.1) is 0 Å². The molecule has 2 N–H and O–H groups in total. The van der Waals surface area contributed by atoms with Gasteiger partial charge in [-0.25, -0.2) is 0 Å². The smallest absolute Gasteiger partial charge is 0.321 e. The predicted molar refractivity (Wildman–Crippen MR) is 74.3 cm³/mol. The third-order valence-corrected chi connectivity index (χ3v) is 4.01. The number of aliphatic hydroxyl groups excluding tert-OH is 1. The Balaban J connectivity index is 2.04. The number of β-amino-alcohol motifs (C(OH)–C–C–N with tert-alkyl or cyclic N) is 1. The van der Waals surface area contributed by atoms with Crippen LogP contribution in [0.2, 0.25) is 0 Å². The van der Waals surface area contributed by atoms with E-state index in [9.17, 15) is 15.0 Å². The Morgan fingerprint density at radius 2 is 2.20 bits per heavy atom. The van der Waals surface area contributed by atoms with Crippen LogP contribution in [0.5, 0.6) is 0 Å². The van der Waals surface area contributed by atoms with Crippen LogP contribution in [0.1, 0.15) is 44.8 Å². The second-order valence-electron chi connectivity index (χ2n) is 5.43. The van der Waals surface area contributed by atoms with Gasteiger partial charge in [0.05, 0.1) is 17.8 Å². The predicted octanol–water partition coefficient (Wildman–Crippen LogP) is 1.26. The Kier molecular flexibility index (Phi) is 4.77. The summed E-state index contributed by atoms with van der Waals surface area (Å²) in [5.74, 6) is -0.874. The van der Waals surface area contributed by atoms with Crippen molar-refractivity contribution in [1.29, 1.82) is 0 Å². The molecule has 0 spiro atoms. The lowest BCUT2D eigenvalue weighted by molar-refractivity contribution is -0.142. The molecular formula is C14H23N3O3. The van der Waals surface area contributed by atoms with E-state index in [0.717, 1.165) is 18.5 Å². The van der Waals surface area contributed by atoms with Crippen LogP contribution < -0.4 is 0 Å². The third-order valence-electron chi connectivity index (χ3n) is 4.01. The molecule has 0 bridgehead atoms. The molecule has 1 aromatic rings. The van der Waals surface area contributed by atoms with Gasteiger partial charge in [-0.3, -0.25) is 14.4 Å². The summed E-state index contributed by atoms with van der Waals surface area (Å²) in [6, 6.07) is 1.72. The van der Waals surface area contributed by atoms with Crippen molar-refractivity contribution in [2.45, 2.75) is 57.8 Å². The second-order valence-corrected chi connectivity index (χ2v) is 5.43. The van der Waals surface area contributed by atoms with Crippen LogP contribution in [0.3, 0.4) is 0 Å². The van der Waals surface area contributed by atoms with Crippen LogP contribution >= 0.6 is 0 Å². The van der Waals surface area contributed by atoms with Crippen molar-refractivity contribution < 1.29 is 15.0 Å². The minimum absolute atomic E-state index is 0.294. The molecule has 0 saturated carbocycles. The molecule has 1 aliphatic heterocycles. The number of carboxylic acid groups (broad SMARTS) is 1. The standard InChI is InChI=1S/C14H23N3O3/c1-3-11(4-2)17-6-5-10(15-17)8-16-9-12(18)7-13(16)14(19)20/h5-6,11-13,18H,3-4,7-9H2,1-2H3,(H,19,20). The molecule has 2 heterocycles. The Morgan fingerprint density at radius 1 is 1.50 bits per heavy atom. The van der Waals surface area contributed by atoms with E-state index in [1.807, 2.05) is 16.9 Å². The van der Waals surface area contributed by atoms with Gasteiger partial charge in [0, 0.05) is 25.7 Å². The normalized spacial score (nSPS) is 23.6. The van der Waals surface area contributed by atoms with Gasteiger partial charge in [-0.1, -0.05) is 13.8 Å². The molecule has 6 nitrogen and oxygen atoms in total. The first-order chi connectivity index (χ1) is 9.55. The molecule has 112 valence electrons. The maximum atomic E-state index is 11.2. The Morgan fingerprint density at radius 3 is 2.80 bits per heavy atom. The summed E-state index contributed by atoms with van der Waals surface area (Å²) in [5, 5.41) is 23.3. The average Bonchev–Trinajstić information content (AvgIpc) is 2.99. The minimum atomic E-state index is -0.874. The molecule has 1 aliphatic rings. The fourth-order valence-electron chi connectivity index (χ4n) is 2.85. The van der Waals surface area contributed by atoms with Crippen molar-refractivity contribution in [3.8, 4) is 0 Å². The summed E-state index contributed by atoms with van der Waals surface area (Å²) < 4.78 is 1.96. The zero-order valence-corrected chi connectivity index (χ0v) is 12.1. The van der Waals surface area contributed by atoms with E-state index in [-0.39, 0.29) is 0 Å². The van der Waals surface area contributed by atoms with E-state index < -0.39 is 18.1 Å². The highest BCUT2D eigenvalue weighted by Crippen LogP contribution is 2.21. The molecule has 0 amide bonds. The maximum Gasteiger partial charge on any atom is 0.321 e. The largest absolute Gasteiger partial charge is 0.480 e. The van der Waals surface area contributed by atoms with E-state index in [1.54, 1.807) is 4.90 Å². The molecular weight excluding hydrogens is 258 g/mol. The van der Waals surface area contributed by atoms with Crippen molar-refractivity contribution in [2.75, 3.05) is 6.54 Å². The number of aromatic nitrogens is 2. The highest BCUT2D eigenvalue weighted by Gasteiger charge is 2.36. The van der Waals surface area contributed by atoms with Crippen LogP contribution in [-0.4, -0.2) is 49.6 Å². The quantitative estimate of drug-likeness (QED) is 0.821. The summed E-state index contributed by atoms with van der Waals surface area (Å²) in [6.45, 7) is 5.13. The van der Waals surface area contributed by atoms with Gasteiger partial charge in [0.25, 0.3) is 0 Å². The molecule has 1 saturated heterocycles. The number of hydrogen-bond acceptors (Lipinski definition) is 4. The first kappa shape index (κ1) is 15.0. The van der Waals surface area contributed by atoms with Crippen molar-refractivity contribution in [3.05, 3.63) is 18.0 Å². The summed E-state index contributed by atoms with van der Waals surface area (Å²) in [5.41, 5.74) is 0.859. The van der Waals surface area contributed by atoms with Crippen LogP contribution in [-0.2, 0) is 11.3 Å². The third kappa shape index (κ3) is 3.19. The number of carboxylic acids is 1. The summed E-state index contributed by atoms with van der Waals surface area (Å²) in [4.78, 5) is 13.0. The maximum absolute atomic E-state index is 11.2. The van der Waals surface area contributed by atoms with E-state index >= 15 is 0 Å². The number of hydrogen-bond donors (Lipinski definition) is 2. The monoisotopic (exact) mass is 281 g/mol. The lowest BCUT2D eigenvalue weighted by Crippen LogP contribution is -2.35. The van der Waals surface area contributed by atoms with E-state index in [0.29, 0.717) is 25.6 Å². The molecule has 0 radical (unpaired) electrons. The lowest BCUT2D eigenvalue weighted by atomic mass is 10.2. The molecule has 1 fully saturated rings. The number of nitrogens with zero attached hydrogens (tertiary/aromatic N) is 3. The molecule has 6 heteroatoms. The van der Waals surface area contributed by atoms with Crippen LogP contribution in [0.4, 0.5) is 0 Å². The Labute approximate surface area is 119 Å². The van der Waals surface area contributed by atoms with Gasteiger partial charge >= 0.3 is 5.97 Å². The first-order valence-corrected chi connectivity index (χ1v) is 7.24. The highest BCUT2D eigenvalue weighted by molar-refractivity contribution is 5.74. The highest BCUT2D eigenvalue weighted by atomic mass is 16.4. The van der Waals surface area contributed by atoms with E-state index in [4.69, 9.17) is 0 Å². The number of rotatable bonds is 6. The summed E-state index contributed by atoms with van der Waals surface area (Å²) in [6.07, 6.45) is 3.74. The first-order valence-electron chi connectivity index (χ1n) is 7.24. The van der Waals surface area contributed by atoms with Crippen LogP contribution in [0.25, 0.3) is 0 Å². The molecule has 1 aromatic heterocycles. The topological polar surface area (TPSA) is 78.6 Å². The van der Waals surface area contributed by atoms with E-state index in [2.05, 4.69) is 18.9 Å². The van der Waals surface area contributed by atoms with Crippen molar-refractivity contribution in [3.63, 3.8) is 0 Å². The molecule has 0 aliphatic carbocycles. The molecule has 2 unspecified atom stereocenters. The lowest BCUT2D eigenvalue weighted by Gasteiger charge is -2.19.